The largest absolute Gasteiger partial charge is 0.439 e. The molecule has 0 atom stereocenters. The minimum Gasteiger partial charge on any atom is -0.330 e. The summed E-state index contributed by atoms with van der Waals surface area (Å²) in [5.41, 5.74) is 7.40. The number of rotatable bonds is 3. The molecular weight excluding hydrogens is 194 g/mol. The lowest BCUT2D eigenvalue weighted by Gasteiger charge is -2.03. The van der Waals surface area contributed by atoms with Crippen LogP contribution in [0.4, 0.5) is 0 Å². The van der Waals surface area contributed by atoms with Gasteiger partial charge in [0.1, 0.15) is 0 Å². The monoisotopic (exact) mass is 205 g/mol. The maximum Gasteiger partial charge on any atom is 0.439 e. The number of H-pyrrole nitrogens is 1. The van der Waals surface area contributed by atoms with Crippen LogP contribution >= 0.6 is 0 Å². The second kappa shape index (κ2) is 4.10. The van der Waals surface area contributed by atoms with Crippen molar-refractivity contribution in [3.63, 3.8) is 0 Å². The number of nitrogens with one attached hydrogen (secondary N) is 1. The van der Waals surface area contributed by atoms with E-state index in [4.69, 9.17) is 5.73 Å². The van der Waals surface area contributed by atoms with Gasteiger partial charge in [0, 0.05) is 5.56 Å². The predicted molar refractivity (Wildman–Crippen MR) is 55.3 cm³/mol. The molecule has 0 aliphatic rings. The summed E-state index contributed by atoms with van der Waals surface area (Å²) in [6.45, 7) is 0.555. The van der Waals surface area contributed by atoms with E-state index < -0.39 is 5.76 Å². The highest BCUT2D eigenvalue weighted by Gasteiger charge is 2.08. The van der Waals surface area contributed by atoms with Crippen LogP contribution in [-0.4, -0.2) is 16.7 Å². The summed E-state index contributed by atoms with van der Waals surface area (Å²) in [6.07, 6.45) is 0.741. The fraction of sp³-hybridized carbons (Fsp3) is 0.200. The summed E-state index contributed by atoms with van der Waals surface area (Å²) in [5.74, 6) is -0.100. The summed E-state index contributed by atoms with van der Waals surface area (Å²) >= 11 is 0. The van der Waals surface area contributed by atoms with E-state index in [9.17, 15) is 4.79 Å². The van der Waals surface area contributed by atoms with E-state index in [-0.39, 0.29) is 0 Å². The molecule has 0 saturated heterocycles. The topological polar surface area (TPSA) is 84.9 Å². The summed E-state index contributed by atoms with van der Waals surface area (Å²) in [7, 11) is 0. The first-order chi connectivity index (χ1) is 7.31. The molecule has 1 aromatic carbocycles. The summed E-state index contributed by atoms with van der Waals surface area (Å²) in [4.78, 5) is 13.3. The molecule has 5 nitrogen and oxygen atoms in total. The molecule has 0 radical (unpaired) electrons. The molecule has 0 bridgehead atoms. The molecule has 2 aromatic rings. The van der Waals surface area contributed by atoms with Crippen LogP contribution in [-0.2, 0) is 6.42 Å². The Morgan fingerprint density at radius 2 is 2.20 bits per heavy atom. The lowest BCUT2D eigenvalue weighted by atomic mass is 10.0. The van der Waals surface area contributed by atoms with Gasteiger partial charge in [0.2, 0.25) is 0 Å². The maximum absolute atomic E-state index is 10.8. The van der Waals surface area contributed by atoms with Gasteiger partial charge in [-0.05, 0) is 18.5 Å². The van der Waals surface area contributed by atoms with Crippen molar-refractivity contribution in [3.05, 3.63) is 40.4 Å². The first kappa shape index (κ1) is 9.67. The smallest absolute Gasteiger partial charge is 0.330 e. The van der Waals surface area contributed by atoms with Crippen molar-refractivity contribution in [2.75, 3.05) is 6.54 Å². The average molecular weight is 205 g/mol. The van der Waals surface area contributed by atoms with Gasteiger partial charge >= 0.3 is 5.76 Å². The normalized spacial score (nSPS) is 10.5. The van der Waals surface area contributed by atoms with Crippen molar-refractivity contribution in [1.82, 2.24) is 10.1 Å². The maximum atomic E-state index is 10.8. The Bertz CT molecular complexity index is 501. The highest BCUT2D eigenvalue weighted by Crippen LogP contribution is 2.18. The van der Waals surface area contributed by atoms with Crippen molar-refractivity contribution in [2.24, 2.45) is 5.73 Å². The van der Waals surface area contributed by atoms with Crippen LogP contribution in [0.25, 0.3) is 11.4 Å². The molecule has 0 aliphatic carbocycles. The third kappa shape index (κ3) is 1.97. The zero-order valence-electron chi connectivity index (χ0n) is 8.06. The second-order valence-electron chi connectivity index (χ2n) is 3.14. The molecule has 5 heteroatoms. The lowest BCUT2D eigenvalue weighted by Crippen LogP contribution is -2.04. The molecule has 0 saturated carbocycles. The molecule has 3 N–H and O–H groups in total. The first-order valence-corrected chi connectivity index (χ1v) is 4.65. The van der Waals surface area contributed by atoms with Gasteiger partial charge in [0.05, 0.1) is 0 Å². The van der Waals surface area contributed by atoms with E-state index in [1.54, 1.807) is 0 Å². The summed E-state index contributed by atoms with van der Waals surface area (Å²) < 4.78 is 4.46. The zero-order valence-corrected chi connectivity index (χ0v) is 8.06. The van der Waals surface area contributed by atoms with E-state index in [1.807, 2.05) is 24.3 Å². The third-order valence-electron chi connectivity index (χ3n) is 2.13. The van der Waals surface area contributed by atoms with Gasteiger partial charge < -0.3 is 5.73 Å². The van der Waals surface area contributed by atoms with Crippen LogP contribution in [0, 0.1) is 0 Å². The van der Waals surface area contributed by atoms with E-state index in [0.29, 0.717) is 12.4 Å². The Morgan fingerprint density at radius 1 is 1.40 bits per heavy atom. The fourth-order valence-electron chi connectivity index (χ4n) is 1.47. The molecular formula is C10H11N3O2. The van der Waals surface area contributed by atoms with Gasteiger partial charge in [-0.3, -0.25) is 9.51 Å². The molecule has 0 fully saturated rings. The first-order valence-electron chi connectivity index (χ1n) is 4.65. The van der Waals surface area contributed by atoms with Crippen molar-refractivity contribution in [1.29, 1.82) is 0 Å². The molecule has 2 rings (SSSR count). The molecule has 1 aromatic heterocycles. The van der Waals surface area contributed by atoms with Crippen molar-refractivity contribution in [3.8, 4) is 11.4 Å². The minimum atomic E-state index is -0.549. The van der Waals surface area contributed by atoms with Crippen LogP contribution in [0.2, 0.25) is 0 Å². The minimum absolute atomic E-state index is 0.448. The third-order valence-corrected chi connectivity index (χ3v) is 2.13. The van der Waals surface area contributed by atoms with Crippen LogP contribution in [0.1, 0.15) is 5.56 Å². The van der Waals surface area contributed by atoms with Crippen LogP contribution in [0.5, 0.6) is 0 Å². The van der Waals surface area contributed by atoms with Gasteiger partial charge in [-0.1, -0.05) is 29.4 Å². The molecule has 0 aliphatic heterocycles. The number of hydrogen-bond donors (Lipinski definition) is 2. The van der Waals surface area contributed by atoms with E-state index >= 15 is 0 Å². The quantitative estimate of drug-likeness (QED) is 0.765. The average Bonchev–Trinajstić information content (AvgIpc) is 2.66. The number of aromatic nitrogens is 2. The van der Waals surface area contributed by atoms with Crippen LogP contribution in [0.3, 0.4) is 0 Å². The van der Waals surface area contributed by atoms with Crippen molar-refractivity contribution < 1.29 is 4.52 Å². The Morgan fingerprint density at radius 3 is 2.87 bits per heavy atom. The van der Waals surface area contributed by atoms with Gasteiger partial charge in [0.15, 0.2) is 5.82 Å². The molecule has 0 amide bonds. The van der Waals surface area contributed by atoms with Gasteiger partial charge in [-0.2, -0.15) is 0 Å². The number of nitrogens with zero attached hydrogens (tertiary/aromatic N) is 1. The summed E-state index contributed by atoms with van der Waals surface area (Å²) in [5, 5.41) is 3.65. The predicted octanol–water partition coefficient (Wildman–Crippen LogP) is 0.531. The van der Waals surface area contributed by atoms with Crippen LogP contribution in [0.15, 0.2) is 33.6 Å². The van der Waals surface area contributed by atoms with Gasteiger partial charge in [0.25, 0.3) is 0 Å². The number of hydrogen-bond acceptors (Lipinski definition) is 4. The van der Waals surface area contributed by atoms with Crippen LogP contribution < -0.4 is 11.5 Å². The molecule has 15 heavy (non-hydrogen) atoms. The number of benzene rings is 1. The lowest BCUT2D eigenvalue weighted by molar-refractivity contribution is 0.388. The zero-order chi connectivity index (χ0) is 10.7. The molecule has 0 spiro atoms. The Balaban J connectivity index is 2.47. The SMILES string of the molecule is NCCc1ccccc1-c1noc(=O)[nH]1. The highest BCUT2D eigenvalue weighted by molar-refractivity contribution is 5.59. The second-order valence-corrected chi connectivity index (χ2v) is 3.14. The number of aromatic amines is 1. The summed E-state index contributed by atoms with van der Waals surface area (Å²) in [6, 6.07) is 7.63. The van der Waals surface area contributed by atoms with E-state index in [1.165, 1.54) is 0 Å². The van der Waals surface area contributed by atoms with Crippen molar-refractivity contribution >= 4 is 0 Å². The van der Waals surface area contributed by atoms with E-state index in [2.05, 4.69) is 14.7 Å². The Labute approximate surface area is 85.9 Å². The highest BCUT2D eigenvalue weighted by atomic mass is 16.5. The Kier molecular flexibility index (Phi) is 2.64. The standard InChI is InChI=1S/C10H11N3O2/c11-6-5-7-3-1-2-4-8(7)9-12-10(14)15-13-9/h1-4H,5-6,11H2,(H,12,13,14). The fourth-order valence-corrected chi connectivity index (χ4v) is 1.47. The number of nitrogens with two attached hydrogens (primary N) is 1. The molecule has 78 valence electrons. The molecule has 0 unspecified atom stereocenters. The van der Waals surface area contributed by atoms with Gasteiger partial charge in [-0.25, -0.2) is 4.79 Å². The van der Waals surface area contributed by atoms with Crippen molar-refractivity contribution in [2.45, 2.75) is 6.42 Å². The van der Waals surface area contributed by atoms with E-state index in [0.717, 1.165) is 17.5 Å². The van der Waals surface area contributed by atoms with Gasteiger partial charge in [-0.15, -0.1) is 0 Å². The molecule has 1 heterocycles. The Hall–Kier alpha value is -1.88.